The van der Waals surface area contributed by atoms with Gasteiger partial charge in [0.25, 0.3) is 5.91 Å². The highest BCUT2D eigenvalue weighted by Gasteiger charge is 2.46. The van der Waals surface area contributed by atoms with Crippen LogP contribution >= 0.6 is 22.9 Å². The Hall–Kier alpha value is -3.82. The summed E-state index contributed by atoms with van der Waals surface area (Å²) in [5.41, 5.74) is 1.08. The lowest BCUT2D eigenvalue weighted by Crippen LogP contribution is -2.31. The van der Waals surface area contributed by atoms with Crippen LogP contribution in [-0.2, 0) is 4.79 Å². The van der Waals surface area contributed by atoms with E-state index in [0.717, 1.165) is 24.0 Å². The number of amides is 1. The number of rotatable bonds is 11. The van der Waals surface area contributed by atoms with Crippen LogP contribution < -0.4 is 14.4 Å². The minimum Gasteiger partial charge on any atom is -0.503 e. The molecule has 0 spiro atoms. The lowest BCUT2D eigenvalue weighted by molar-refractivity contribution is -0.117. The van der Waals surface area contributed by atoms with E-state index in [1.165, 1.54) is 28.6 Å². The highest BCUT2D eigenvalue weighted by Crippen LogP contribution is 2.46. The Balaban J connectivity index is 1.61. The molecule has 5 rings (SSSR count). The number of carbonyl (C=O) groups excluding carboxylic acids is 2. The number of aliphatic hydroxyl groups excluding tert-OH is 1. The first-order chi connectivity index (χ1) is 18.9. The lowest BCUT2D eigenvalue weighted by Gasteiger charge is -2.25. The van der Waals surface area contributed by atoms with Gasteiger partial charge in [-0.05, 0) is 61.4 Å². The van der Waals surface area contributed by atoms with Crippen molar-refractivity contribution in [3.63, 3.8) is 0 Å². The van der Waals surface area contributed by atoms with Gasteiger partial charge in [-0.1, -0.05) is 48.8 Å². The predicted molar refractivity (Wildman–Crippen MR) is 150 cm³/mol. The Morgan fingerprint density at radius 1 is 1.13 bits per heavy atom. The number of halogens is 1. The fraction of sp³-hybridized carbons (Fsp3) is 0.276. The SMILES string of the molecule is CCCCCOc1ccc(C2C(C(=O)c3ccco3)=C(O)C(=O)N2c2nc3ccc(Cl)cc3s2)cc1OCC. The fourth-order valence-electron chi connectivity index (χ4n) is 4.50. The van der Waals surface area contributed by atoms with Gasteiger partial charge in [-0.15, -0.1) is 0 Å². The summed E-state index contributed by atoms with van der Waals surface area (Å²) in [4.78, 5) is 33.0. The number of anilines is 1. The molecule has 8 nitrogen and oxygen atoms in total. The summed E-state index contributed by atoms with van der Waals surface area (Å²) < 4.78 is 17.9. The van der Waals surface area contributed by atoms with Gasteiger partial charge in [0.15, 0.2) is 28.1 Å². The van der Waals surface area contributed by atoms with Gasteiger partial charge in [0.1, 0.15) is 0 Å². The third-order valence-corrected chi connectivity index (χ3v) is 7.58. The number of benzene rings is 2. The summed E-state index contributed by atoms with van der Waals surface area (Å²) in [5, 5.41) is 11.9. The fourth-order valence-corrected chi connectivity index (χ4v) is 5.76. The summed E-state index contributed by atoms with van der Waals surface area (Å²) in [7, 11) is 0. The molecule has 2 aromatic heterocycles. The van der Waals surface area contributed by atoms with Crippen molar-refractivity contribution in [3.05, 3.63) is 82.5 Å². The quantitative estimate of drug-likeness (QED) is 0.150. The molecular weight excluding hydrogens is 540 g/mol. The molecule has 0 saturated heterocycles. The number of aromatic nitrogens is 1. The molecule has 1 unspecified atom stereocenters. The smallest absolute Gasteiger partial charge is 0.296 e. The summed E-state index contributed by atoms with van der Waals surface area (Å²) in [6.07, 6.45) is 4.40. The zero-order valence-corrected chi connectivity index (χ0v) is 23.1. The minimum atomic E-state index is -0.987. The molecule has 0 radical (unpaired) electrons. The molecule has 1 N–H and O–H groups in total. The molecule has 1 aliphatic rings. The van der Waals surface area contributed by atoms with E-state index >= 15 is 0 Å². The number of Topliss-reactive ketones (excluding diaryl/α,β-unsaturated/α-hetero) is 1. The van der Waals surface area contributed by atoms with E-state index in [2.05, 4.69) is 11.9 Å². The van der Waals surface area contributed by atoms with Crippen LogP contribution in [-0.4, -0.2) is 35.0 Å². The molecule has 1 aliphatic heterocycles. The molecule has 1 atom stereocenters. The van der Waals surface area contributed by atoms with Crippen LogP contribution in [0.2, 0.25) is 5.02 Å². The molecule has 1 amide bonds. The van der Waals surface area contributed by atoms with E-state index in [0.29, 0.717) is 45.9 Å². The van der Waals surface area contributed by atoms with Crippen molar-refractivity contribution in [3.8, 4) is 11.5 Å². The number of hydrogen-bond donors (Lipinski definition) is 1. The Labute approximate surface area is 234 Å². The number of furan rings is 1. The number of nitrogens with zero attached hydrogens (tertiary/aromatic N) is 2. The van der Waals surface area contributed by atoms with E-state index in [9.17, 15) is 14.7 Å². The van der Waals surface area contributed by atoms with Gasteiger partial charge in [-0.2, -0.15) is 0 Å². The Bertz CT molecular complexity index is 1540. The molecule has 0 aliphatic carbocycles. The van der Waals surface area contributed by atoms with Crippen LogP contribution in [0.25, 0.3) is 10.2 Å². The van der Waals surface area contributed by atoms with E-state index in [1.54, 1.807) is 42.5 Å². The van der Waals surface area contributed by atoms with E-state index in [-0.39, 0.29) is 11.3 Å². The van der Waals surface area contributed by atoms with Crippen LogP contribution in [0.4, 0.5) is 5.13 Å². The monoisotopic (exact) mass is 566 g/mol. The number of thiazole rings is 1. The summed E-state index contributed by atoms with van der Waals surface area (Å²) in [5.74, 6) is -0.941. The number of unbranched alkanes of at least 4 members (excludes halogenated alkanes) is 2. The van der Waals surface area contributed by atoms with Crippen molar-refractivity contribution in [1.82, 2.24) is 4.98 Å². The summed E-state index contributed by atoms with van der Waals surface area (Å²) in [6, 6.07) is 12.6. The van der Waals surface area contributed by atoms with Gasteiger partial charge in [0.05, 0.1) is 41.3 Å². The maximum atomic E-state index is 13.5. The number of ether oxygens (including phenoxy) is 2. The second-order valence-corrected chi connectivity index (χ2v) is 10.4. The van der Waals surface area contributed by atoms with Gasteiger partial charge in [0, 0.05) is 5.02 Å². The number of aliphatic hydroxyl groups is 1. The first-order valence-electron chi connectivity index (χ1n) is 12.7. The van der Waals surface area contributed by atoms with Crippen molar-refractivity contribution >= 4 is 50.0 Å². The number of hydrogen-bond acceptors (Lipinski definition) is 8. The molecule has 0 fully saturated rings. The zero-order chi connectivity index (χ0) is 27.5. The molecule has 10 heteroatoms. The van der Waals surface area contributed by atoms with Crippen LogP contribution in [0.15, 0.2) is 70.5 Å². The highest BCUT2D eigenvalue weighted by molar-refractivity contribution is 7.22. The van der Waals surface area contributed by atoms with Gasteiger partial charge in [0.2, 0.25) is 5.78 Å². The van der Waals surface area contributed by atoms with E-state index in [1.807, 2.05) is 6.92 Å². The topological polar surface area (TPSA) is 102 Å². The van der Waals surface area contributed by atoms with Crippen molar-refractivity contribution in [2.24, 2.45) is 0 Å². The molecule has 0 saturated carbocycles. The molecule has 3 heterocycles. The largest absolute Gasteiger partial charge is 0.503 e. The van der Waals surface area contributed by atoms with Crippen LogP contribution in [0.3, 0.4) is 0 Å². The standard InChI is InChI=1S/C29H27ClN2O6S/c1-3-5-6-13-37-20-12-9-17(15-22(20)36-4-2)25-24(26(33)21-8-7-14-38-21)27(34)28(35)32(25)29-31-19-11-10-18(30)16-23(19)39-29/h7-12,14-16,25,34H,3-6,13H2,1-2H3. The maximum Gasteiger partial charge on any atom is 0.296 e. The third kappa shape index (κ3) is 5.24. The molecule has 2 aromatic carbocycles. The number of carbonyl (C=O) groups is 2. The third-order valence-electron chi connectivity index (χ3n) is 6.33. The Morgan fingerprint density at radius 2 is 1.97 bits per heavy atom. The van der Waals surface area contributed by atoms with E-state index < -0.39 is 23.5 Å². The van der Waals surface area contributed by atoms with Crippen LogP contribution in [0.5, 0.6) is 11.5 Å². The van der Waals surface area contributed by atoms with Gasteiger partial charge in [-0.25, -0.2) is 4.98 Å². The molecular formula is C29H27ClN2O6S. The Morgan fingerprint density at radius 3 is 2.72 bits per heavy atom. The number of ketones is 1. The van der Waals surface area contributed by atoms with Crippen molar-refractivity contribution in [2.75, 3.05) is 18.1 Å². The minimum absolute atomic E-state index is 0.00758. The molecule has 4 aromatic rings. The second kappa shape index (κ2) is 11.5. The molecule has 202 valence electrons. The van der Waals surface area contributed by atoms with Crippen molar-refractivity contribution in [1.29, 1.82) is 0 Å². The zero-order valence-electron chi connectivity index (χ0n) is 21.5. The lowest BCUT2D eigenvalue weighted by atomic mass is 9.95. The van der Waals surface area contributed by atoms with Crippen LogP contribution in [0, 0.1) is 0 Å². The second-order valence-electron chi connectivity index (χ2n) is 8.95. The Kier molecular flexibility index (Phi) is 7.90. The van der Waals surface area contributed by atoms with E-state index in [4.69, 9.17) is 25.5 Å². The van der Waals surface area contributed by atoms with Crippen LogP contribution in [0.1, 0.15) is 55.3 Å². The van der Waals surface area contributed by atoms with Gasteiger partial charge >= 0.3 is 0 Å². The van der Waals surface area contributed by atoms with Gasteiger partial charge in [-0.3, -0.25) is 14.5 Å². The summed E-state index contributed by atoms with van der Waals surface area (Å²) >= 11 is 7.41. The van der Waals surface area contributed by atoms with Crippen molar-refractivity contribution in [2.45, 2.75) is 39.2 Å². The average molecular weight is 567 g/mol. The highest BCUT2D eigenvalue weighted by atomic mass is 35.5. The van der Waals surface area contributed by atoms with Gasteiger partial charge < -0.3 is 19.0 Å². The molecule has 39 heavy (non-hydrogen) atoms. The predicted octanol–water partition coefficient (Wildman–Crippen LogP) is 7.29. The average Bonchev–Trinajstić information content (AvgIpc) is 3.66. The van der Waals surface area contributed by atoms with Crippen molar-refractivity contribution < 1.29 is 28.6 Å². The first-order valence-corrected chi connectivity index (χ1v) is 13.9. The number of fused-ring (bicyclic) bond motifs is 1. The normalized spacial score (nSPS) is 15.4. The molecule has 0 bridgehead atoms. The maximum absolute atomic E-state index is 13.5. The summed E-state index contributed by atoms with van der Waals surface area (Å²) in [6.45, 7) is 4.92. The first kappa shape index (κ1) is 26.8.